The van der Waals surface area contributed by atoms with Crippen molar-refractivity contribution in [3.63, 3.8) is 0 Å². The van der Waals surface area contributed by atoms with Gasteiger partial charge in [0.1, 0.15) is 11.5 Å². The Kier molecular flexibility index (Phi) is 10.2. The van der Waals surface area contributed by atoms with Gasteiger partial charge in [0.15, 0.2) is 13.2 Å². The van der Waals surface area contributed by atoms with Crippen LogP contribution in [0.2, 0.25) is 0 Å². The molecular formula is C33H41N3O4. The molecule has 0 bridgehead atoms. The minimum atomic E-state index is -0.101. The number of anilines is 1. The first-order valence-corrected chi connectivity index (χ1v) is 14.1. The Balaban J connectivity index is 1.60. The molecule has 3 aromatic rings. The highest BCUT2D eigenvalue weighted by Gasteiger charge is 2.26. The van der Waals surface area contributed by atoms with Gasteiger partial charge < -0.3 is 19.3 Å². The number of para-hydroxylation sites is 3. The summed E-state index contributed by atoms with van der Waals surface area (Å²) in [4.78, 5) is 33.3. The fraction of sp³-hybridized carbons (Fsp3) is 0.394. The normalized spacial score (nSPS) is 14.8. The molecular weight excluding hydrogens is 502 g/mol. The van der Waals surface area contributed by atoms with E-state index < -0.39 is 0 Å². The van der Waals surface area contributed by atoms with Gasteiger partial charge in [0.25, 0.3) is 11.8 Å². The fourth-order valence-electron chi connectivity index (χ4n) is 5.09. The lowest BCUT2D eigenvalue weighted by Gasteiger charge is -2.30. The van der Waals surface area contributed by atoms with Crippen molar-refractivity contribution in [3.05, 3.63) is 89.5 Å². The second-order valence-electron chi connectivity index (χ2n) is 10.6. The molecule has 0 saturated heterocycles. The molecule has 40 heavy (non-hydrogen) atoms. The third kappa shape index (κ3) is 7.63. The number of ether oxygens (including phenoxy) is 2. The third-order valence-corrected chi connectivity index (χ3v) is 7.37. The highest BCUT2D eigenvalue weighted by molar-refractivity contribution is 5.96. The van der Waals surface area contributed by atoms with Crippen LogP contribution in [0.3, 0.4) is 0 Å². The lowest BCUT2D eigenvalue weighted by atomic mass is 10.1. The first-order chi connectivity index (χ1) is 19.3. The van der Waals surface area contributed by atoms with Crippen LogP contribution in [0.25, 0.3) is 0 Å². The predicted octanol–water partition coefficient (Wildman–Crippen LogP) is 5.24. The number of fused-ring (bicyclic) bond motifs is 1. The molecule has 4 rings (SSSR count). The van der Waals surface area contributed by atoms with Crippen molar-refractivity contribution in [1.82, 2.24) is 9.80 Å². The van der Waals surface area contributed by atoms with Gasteiger partial charge in [-0.05, 0) is 69.0 Å². The van der Waals surface area contributed by atoms with Crippen molar-refractivity contribution in [3.8, 4) is 11.5 Å². The zero-order chi connectivity index (χ0) is 28.5. The lowest BCUT2D eigenvalue weighted by molar-refractivity contribution is -0.134. The summed E-state index contributed by atoms with van der Waals surface area (Å²) in [6.45, 7) is 11.3. The van der Waals surface area contributed by atoms with E-state index in [-0.39, 0.29) is 25.0 Å². The fourth-order valence-corrected chi connectivity index (χ4v) is 5.09. The molecule has 1 aliphatic heterocycles. The number of nitrogens with zero attached hydrogens (tertiary/aromatic N) is 3. The van der Waals surface area contributed by atoms with Crippen molar-refractivity contribution in [2.45, 2.75) is 46.7 Å². The topological polar surface area (TPSA) is 62.3 Å². The van der Waals surface area contributed by atoms with E-state index in [0.29, 0.717) is 37.2 Å². The van der Waals surface area contributed by atoms with Gasteiger partial charge in [0.2, 0.25) is 0 Å². The Morgan fingerprint density at radius 2 is 1.45 bits per heavy atom. The Hall–Kier alpha value is -3.84. The minimum absolute atomic E-state index is 0.0404. The van der Waals surface area contributed by atoms with Crippen molar-refractivity contribution in [2.24, 2.45) is 0 Å². The van der Waals surface area contributed by atoms with Crippen LogP contribution in [0.1, 0.15) is 37.0 Å². The second-order valence-corrected chi connectivity index (χ2v) is 10.6. The van der Waals surface area contributed by atoms with Gasteiger partial charge in [0.05, 0.1) is 5.69 Å². The van der Waals surface area contributed by atoms with Gasteiger partial charge in [-0.2, -0.15) is 0 Å². The molecule has 0 aromatic heterocycles. The van der Waals surface area contributed by atoms with Crippen LogP contribution in [0.4, 0.5) is 5.69 Å². The van der Waals surface area contributed by atoms with Crippen molar-refractivity contribution >= 4 is 17.5 Å². The summed E-state index contributed by atoms with van der Waals surface area (Å²) in [6.07, 6.45) is 0.813. The maximum atomic E-state index is 13.6. The SMILES string of the molecule is Cc1ccccc1OCC(=O)N1CCN(C(C)C)CCCN(C(=O)COc2ccccc2)c2c(C)cccc2C1. The van der Waals surface area contributed by atoms with Gasteiger partial charge in [-0.15, -0.1) is 0 Å². The number of hydrogen-bond donors (Lipinski definition) is 0. The third-order valence-electron chi connectivity index (χ3n) is 7.37. The molecule has 0 fully saturated rings. The second kappa shape index (κ2) is 14.0. The number of aryl methyl sites for hydroxylation is 2. The standard InChI is InChI=1S/C33H41N3O4/c1-25(2)34-18-11-19-36(32(38)24-39-29-15-6-5-7-16-29)33-27(4)13-10-14-28(33)22-35(21-20-34)31(37)23-40-30-17-9-8-12-26(30)3/h5-10,12-17,25H,11,18-24H2,1-4H3. The summed E-state index contributed by atoms with van der Waals surface area (Å²) in [5.74, 6) is 1.19. The highest BCUT2D eigenvalue weighted by Crippen LogP contribution is 2.28. The van der Waals surface area contributed by atoms with Crippen molar-refractivity contribution < 1.29 is 19.1 Å². The van der Waals surface area contributed by atoms with Gasteiger partial charge >= 0.3 is 0 Å². The Morgan fingerprint density at radius 1 is 0.750 bits per heavy atom. The summed E-state index contributed by atoms with van der Waals surface area (Å²) in [7, 11) is 0. The molecule has 212 valence electrons. The van der Waals surface area contributed by atoms with Crippen LogP contribution in [0.5, 0.6) is 11.5 Å². The summed E-state index contributed by atoms with van der Waals surface area (Å²) in [6, 6.07) is 23.5. The number of amides is 2. The molecule has 0 aliphatic carbocycles. The molecule has 0 atom stereocenters. The van der Waals surface area contributed by atoms with Crippen LogP contribution in [0, 0.1) is 13.8 Å². The molecule has 7 heteroatoms. The number of carbonyl (C=O) groups excluding carboxylic acids is 2. The molecule has 1 heterocycles. The molecule has 0 unspecified atom stereocenters. The number of benzene rings is 3. The molecule has 0 radical (unpaired) electrons. The monoisotopic (exact) mass is 543 g/mol. The van der Waals surface area contributed by atoms with E-state index in [1.165, 1.54) is 0 Å². The van der Waals surface area contributed by atoms with Crippen LogP contribution < -0.4 is 14.4 Å². The predicted molar refractivity (Wildman–Crippen MR) is 159 cm³/mol. The van der Waals surface area contributed by atoms with Crippen molar-refractivity contribution in [1.29, 1.82) is 0 Å². The zero-order valence-corrected chi connectivity index (χ0v) is 24.1. The molecule has 7 nitrogen and oxygen atoms in total. The Bertz CT molecular complexity index is 1280. The smallest absolute Gasteiger partial charge is 0.264 e. The van der Waals surface area contributed by atoms with Crippen LogP contribution in [-0.4, -0.2) is 67.0 Å². The quantitative estimate of drug-likeness (QED) is 0.408. The number of rotatable bonds is 7. The van der Waals surface area contributed by atoms with E-state index in [1.54, 1.807) is 0 Å². The molecule has 0 saturated carbocycles. The molecule has 0 N–H and O–H groups in total. The zero-order valence-electron chi connectivity index (χ0n) is 24.1. The molecule has 3 aromatic carbocycles. The van der Waals surface area contributed by atoms with E-state index in [0.717, 1.165) is 41.9 Å². The van der Waals surface area contributed by atoms with Gasteiger partial charge in [-0.1, -0.05) is 54.6 Å². The maximum absolute atomic E-state index is 13.6. The minimum Gasteiger partial charge on any atom is -0.484 e. The van der Waals surface area contributed by atoms with E-state index in [4.69, 9.17) is 9.47 Å². The molecule has 1 aliphatic rings. The summed E-state index contributed by atoms with van der Waals surface area (Å²) in [5, 5.41) is 0. The average molecular weight is 544 g/mol. The van der Waals surface area contributed by atoms with Gasteiger partial charge in [0, 0.05) is 38.8 Å². The molecule has 2 amide bonds. The summed E-state index contributed by atoms with van der Waals surface area (Å²) in [5.41, 5.74) is 3.79. The van der Waals surface area contributed by atoms with Crippen molar-refractivity contribution in [2.75, 3.05) is 44.3 Å². The Labute approximate surface area is 238 Å². The van der Waals surface area contributed by atoms with E-state index in [1.807, 2.05) is 96.4 Å². The first-order valence-electron chi connectivity index (χ1n) is 14.1. The highest BCUT2D eigenvalue weighted by atomic mass is 16.5. The van der Waals surface area contributed by atoms with Gasteiger partial charge in [-0.3, -0.25) is 14.5 Å². The number of hydrogen-bond acceptors (Lipinski definition) is 5. The molecule has 0 spiro atoms. The van der Waals surface area contributed by atoms with Gasteiger partial charge in [-0.25, -0.2) is 0 Å². The van der Waals surface area contributed by atoms with E-state index in [2.05, 4.69) is 18.7 Å². The van der Waals surface area contributed by atoms with Crippen LogP contribution in [0.15, 0.2) is 72.8 Å². The lowest BCUT2D eigenvalue weighted by Crippen LogP contribution is -2.42. The maximum Gasteiger partial charge on any atom is 0.264 e. The average Bonchev–Trinajstić information content (AvgIpc) is 2.99. The van der Waals surface area contributed by atoms with Crippen LogP contribution in [-0.2, 0) is 16.1 Å². The number of carbonyl (C=O) groups is 2. The van der Waals surface area contributed by atoms with E-state index in [9.17, 15) is 9.59 Å². The Morgan fingerprint density at radius 3 is 2.20 bits per heavy atom. The first kappa shape index (κ1) is 29.2. The van der Waals surface area contributed by atoms with Crippen LogP contribution >= 0.6 is 0 Å². The summed E-state index contributed by atoms with van der Waals surface area (Å²) >= 11 is 0. The summed E-state index contributed by atoms with van der Waals surface area (Å²) < 4.78 is 11.8. The van der Waals surface area contributed by atoms with E-state index >= 15 is 0 Å². The largest absolute Gasteiger partial charge is 0.484 e.